The van der Waals surface area contributed by atoms with Gasteiger partial charge in [-0.15, -0.1) is 0 Å². The van der Waals surface area contributed by atoms with Gasteiger partial charge in [0.25, 0.3) is 0 Å². The molecule has 0 bridgehead atoms. The lowest BCUT2D eigenvalue weighted by molar-refractivity contribution is -0.141. The fraction of sp³-hybridized carbons (Fsp3) is 0.529. The highest BCUT2D eigenvalue weighted by atomic mass is 16.2. The first-order valence-electron chi connectivity index (χ1n) is 7.70. The van der Waals surface area contributed by atoms with Crippen LogP contribution in [0.25, 0.3) is 0 Å². The van der Waals surface area contributed by atoms with Crippen LogP contribution in [-0.2, 0) is 16.1 Å². The van der Waals surface area contributed by atoms with E-state index in [0.29, 0.717) is 18.7 Å². The molecular formula is C17H22N2O2. The number of carbonyl (C=O) groups excluding carboxylic acids is 2. The van der Waals surface area contributed by atoms with Crippen LogP contribution >= 0.6 is 0 Å². The van der Waals surface area contributed by atoms with Crippen molar-refractivity contribution in [3.8, 4) is 0 Å². The molecule has 1 saturated carbocycles. The molecule has 21 heavy (non-hydrogen) atoms. The monoisotopic (exact) mass is 286 g/mol. The molecule has 4 nitrogen and oxygen atoms in total. The SMILES string of the molecule is CC(=O)N1CCN(Cc2ccccc2)C2(CCCC2=O)C1. The summed E-state index contributed by atoms with van der Waals surface area (Å²) in [4.78, 5) is 28.4. The Kier molecular flexibility index (Phi) is 3.81. The van der Waals surface area contributed by atoms with E-state index >= 15 is 0 Å². The summed E-state index contributed by atoms with van der Waals surface area (Å²) < 4.78 is 0. The van der Waals surface area contributed by atoms with Crippen molar-refractivity contribution in [2.24, 2.45) is 0 Å². The molecule has 0 radical (unpaired) electrons. The standard InChI is InChI=1S/C17H22N2O2/c1-14(20)18-10-11-19(12-15-6-3-2-4-7-15)17(13-18)9-5-8-16(17)21/h2-4,6-7H,5,8-13H2,1H3. The number of nitrogens with zero attached hydrogens (tertiary/aromatic N) is 2. The Morgan fingerprint density at radius 1 is 1.24 bits per heavy atom. The minimum Gasteiger partial charge on any atom is -0.339 e. The van der Waals surface area contributed by atoms with E-state index in [1.807, 2.05) is 23.1 Å². The first-order chi connectivity index (χ1) is 10.1. The molecule has 0 N–H and O–H groups in total. The smallest absolute Gasteiger partial charge is 0.219 e. The van der Waals surface area contributed by atoms with Crippen LogP contribution in [0.15, 0.2) is 30.3 Å². The van der Waals surface area contributed by atoms with Gasteiger partial charge in [0.05, 0.1) is 5.54 Å². The number of rotatable bonds is 2. The largest absolute Gasteiger partial charge is 0.339 e. The second-order valence-electron chi connectivity index (χ2n) is 6.16. The maximum atomic E-state index is 12.5. The molecule has 1 aromatic rings. The zero-order chi connectivity index (χ0) is 14.9. The molecule has 2 aliphatic rings. The number of carbonyl (C=O) groups is 2. The average molecular weight is 286 g/mol. The third kappa shape index (κ3) is 2.60. The van der Waals surface area contributed by atoms with Crippen molar-refractivity contribution in [1.29, 1.82) is 0 Å². The van der Waals surface area contributed by atoms with Gasteiger partial charge in [0.1, 0.15) is 0 Å². The fourth-order valence-electron chi connectivity index (χ4n) is 3.67. The number of hydrogen-bond acceptors (Lipinski definition) is 3. The molecule has 1 unspecified atom stereocenters. The number of amides is 1. The third-order valence-corrected chi connectivity index (χ3v) is 4.87. The summed E-state index contributed by atoms with van der Waals surface area (Å²) in [6.45, 7) is 4.45. The maximum Gasteiger partial charge on any atom is 0.219 e. The zero-order valence-electron chi connectivity index (χ0n) is 12.5. The van der Waals surface area contributed by atoms with E-state index in [4.69, 9.17) is 0 Å². The summed E-state index contributed by atoms with van der Waals surface area (Å²) in [5.41, 5.74) is 0.785. The summed E-state index contributed by atoms with van der Waals surface area (Å²) in [5.74, 6) is 0.387. The van der Waals surface area contributed by atoms with Gasteiger partial charge in [0, 0.05) is 39.5 Å². The molecule has 1 heterocycles. The predicted molar refractivity (Wildman–Crippen MR) is 80.7 cm³/mol. The van der Waals surface area contributed by atoms with Crippen LogP contribution in [0.3, 0.4) is 0 Å². The van der Waals surface area contributed by atoms with Crippen LogP contribution in [0.1, 0.15) is 31.7 Å². The predicted octanol–water partition coefficient (Wildman–Crippen LogP) is 1.84. The van der Waals surface area contributed by atoms with Gasteiger partial charge in [0.15, 0.2) is 5.78 Å². The van der Waals surface area contributed by atoms with Crippen LogP contribution in [0.4, 0.5) is 0 Å². The second kappa shape index (κ2) is 5.60. The average Bonchev–Trinajstić information content (AvgIpc) is 2.84. The summed E-state index contributed by atoms with van der Waals surface area (Å²) in [6, 6.07) is 10.3. The molecule has 1 atom stereocenters. The molecule has 4 heteroatoms. The minimum absolute atomic E-state index is 0.0773. The molecule has 1 aliphatic heterocycles. The number of piperazine rings is 1. The van der Waals surface area contributed by atoms with Crippen molar-refractivity contribution in [2.75, 3.05) is 19.6 Å². The van der Waals surface area contributed by atoms with Crippen LogP contribution in [0, 0.1) is 0 Å². The van der Waals surface area contributed by atoms with Gasteiger partial charge in [-0.25, -0.2) is 0 Å². The molecule has 2 fully saturated rings. The van der Waals surface area contributed by atoms with E-state index in [0.717, 1.165) is 32.5 Å². The minimum atomic E-state index is -0.445. The van der Waals surface area contributed by atoms with Crippen molar-refractivity contribution in [2.45, 2.75) is 38.3 Å². The van der Waals surface area contributed by atoms with E-state index in [1.54, 1.807) is 6.92 Å². The molecule has 1 spiro atoms. The third-order valence-electron chi connectivity index (χ3n) is 4.87. The van der Waals surface area contributed by atoms with Crippen molar-refractivity contribution < 1.29 is 9.59 Å². The number of hydrogen-bond donors (Lipinski definition) is 0. The Morgan fingerprint density at radius 2 is 2.00 bits per heavy atom. The molecule has 1 amide bonds. The van der Waals surface area contributed by atoms with Gasteiger partial charge in [-0.2, -0.15) is 0 Å². The molecule has 1 aliphatic carbocycles. The van der Waals surface area contributed by atoms with Gasteiger partial charge in [-0.1, -0.05) is 30.3 Å². The summed E-state index contributed by atoms with van der Waals surface area (Å²) >= 11 is 0. The molecule has 0 aromatic heterocycles. The Labute approximate surface area is 125 Å². The van der Waals surface area contributed by atoms with Crippen LogP contribution in [0.5, 0.6) is 0 Å². The Bertz CT molecular complexity index is 543. The van der Waals surface area contributed by atoms with Crippen LogP contribution in [-0.4, -0.2) is 46.7 Å². The van der Waals surface area contributed by atoms with Gasteiger partial charge in [-0.05, 0) is 18.4 Å². The molecule has 3 rings (SSSR count). The normalized spacial score (nSPS) is 26.5. The Hall–Kier alpha value is -1.68. The summed E-state index contributed by atoms with van der Waals surface area (Å²) in [6.07, 6.45) is 2.47. The number of benzene rings is 1. The van der Waals surface area contributed by atoms with Gasteiger partial charge in [-0.3, -0.25) is 14.5 Å². The van der Waals surface area contributed by atoms with Crippen molar-refractivity contribution in [3.63, 3.8) is 0 Å². The highest BCUT2D eigenvalue weighted by Crippen LogP contribution is 2.36. The quantitative estimate of drug-likeness (QED) is 0.833. The Balaban J connectivity index is 1.85. The van der Waals surface area contributed by atoms with Gasteiger partial charge >= 0.3 is 0 Å². The fourth-order valence-corrected chi connectivity index (χ4v) is 3.67. The van der Waals surface area contributed by atoms with E-state index < -0.39 is 5.54 Å². The van der Waals surface area contributed by atoms with E-state index in [2.05, 4.69) is 17.0 Å². The van der Waals surface area contributed by atoms with Gasteiger partial charge in [0.2, 0.25) is 5.91 Å². The first-order valence-corrected chi connectivity index (χ1v) is 7.70. The van der Waals surface area contributed by atoms with E-state index in [1.165, 1.54) is 5.56 Å². The van der Waals surface area contributed by atoms with Crippen molar-refractivity contribution >= 4 is 11.7 Å². The number of ketones is 1. The van der Waals surface area contributed by atoms with Crippen LogP contribution < -0.4 is 0 Å². The van der Waals surface area contributed by atoms with E-state index in [9.17, 15) is 9.59 Å². The lowest BCUT2D eigenvalue weighted by Crippen LogP contribution is -2.64. The Morgan fingerprint density at radius 3 is 2.62 bits per heavy atom. The van der Waals surface area contributed by atoms with Crippen molar-refractivity contribution in [1.82, 2.24) is 9.80 Å². The highest BCUT2D eigenvalue weighted by molar-refractivity contribution is 5.91. The molecular weight excluding hydrogens is 264 g/mol. The molecule has 1 aromatic carbocycles. The molecule has 112 valence electrons. The molecule has 1 saturated heterocycles. The van der Waals surface area contributed by atoms with Crippen molar-refractivity contribution in [3.05, 3.63) is 35.9 Å². The lowest BCUT2D eigenvalue weighted by Gasteiger charge is -2.47. The number of Topliss-reactive ketones (excluding diaryl/α,β-unsaturated/α-hetero) is 1. The lowest BCUT2D eigenvalue weighted by atomic mass is 9.90. The summed E-state index contributed by atoms with van der Waals surface area (Å²) in [5, 5.41) is 0. The first kappa shape index (κ1) is 14.3. The van der Waals surface area contributed by atoms with E-state index in [-0.39, 0.29) is 5.91 Å². The second-order valence-corrected chi connectivity index (χ2v) is 6.16. The summed E-state index contributed by atoms with van der Waals surface area (Å²) in [7, 11) is 0. The maximum absolute atomic E-state index is 12.5. The highest BCUT2D eigenvalue weighted by Gasteiger charge is 2.50. The topological polar surface area (TPSA) is 40.6 Å². The van der Waals surface area contributed by atoms with Gasteiger partial charge < -0.3 is 4.90 Å². The van der Waals surface area contributed by atoms with Crippen LogP contribution in [0.2, 0.25) is 0 Å². The zero-order valence-corrected chi connectivity index (χ0v) is 12.5.